The van der Waals surface area contributed by atoms with Crippen molar-refractivity contribution in [2.45, 2.75) is 19.9 Å². The highest BCUT2D eigenvalue weighted by Crippen LogP contribution is 2.14. The molecule has 13 heavy (non-hydrogen) atoms. The Morgan fingerprint density at radius 1 is 1.85 bits per heavy atom. The Morgan fingerprint density at radius 2 is 2.54 bits per heavy atom. The minimum atomic E-state index is -0.530. The molecule has 0 spiro atoms. The van der Waals surface area contributed by atoms with E-state index in [0.29, 0.717) is 18.7 Å². The third kappa shape index (κ3) is 1.82. The van der Waals surface area contributed by atoms with Crippen molar-refractivity contribution in [3.05, 3.63) is 22.1 Å². The first-order valence-electron chi connectivity index (χ1n) is 3.70. The van der Waals surface area contributed by atoms with Gasteiger partial charge < -0.3 is 14.7 Å². The van der Waals surface area contributed by atoms with Gasteiger partial charge >= 0.3 is 5.82 Å². The number of nitriles is 1. The fourth-order valence-corrected chi connectivity index (χ4v) is 1.01. The van der Waals surface area contributed by atoms with Crippen LogP contribution < -0.4 is 0 Å². The van der Waals surface area contributed by atoms with Gasteiger partial charge in [-0.1, -0.05) is 0 Å². The molecule has 1 aromatic heterocycles. The highest BCUT2D eigenvalue weighted by Gasteiger charge is 2.16. The minimum absolute atomic E-state index is 0.141. The molecule has 0 saturated heterocycles. The van der Waals surface area contributed by atoms with Gasteiger partial charge in [0.05, 0.1) is 12.5 Å². The van der Waals surface area contributed by atoms with Gasteiger partial charge in [0.1, 0.15) is 5.69 Å². The molecular formula is C7H8N4O2. The Kier molecular flexibility index (Phi) is 2.59. The zero-order chi connectivity index (χ0) is 9.84. The summed E-state index contributed by atoms with van der Waals surface area (Å²) >= 11 is 0. The first-order valence-corrected chi connectivity index (χ1v) is 3.70. The summed E-state index contributed by atoms with van der Waals surface area (Å²) in [5.74, 6) is -0.141. The fraction of sp³-hybridized carbons (Fsp3) is 0.429. The van der Waals surface area contributed by atoms with Crippen LogP contribution in [0.15, 0.2) is 6.33 Å². The van der Waals surface area contributed by atoms with E-state index in [2.05, 4.69) is 4.98 Å². The zero-order valence-corrected chi connectivity index (χ0v) is 7.10. The third-order valence-electron chi connectivity index (χ3n) is 1.71. The van der Waals surface area contributed by atoms with E-state index >= 15 is 0 Å². The molecule has 0 saturated carbocycles. The van der Waals surface area contributed by atoms with Crippen molar-refractivity contribution in [1.29, 1.82) is 5.26 Å². The van der Waals surface area contributed by atoms with E-state index in [0.717, 1.165) is 0 Å². The number of aryl methyl sites for hydroxylation is 1. The second kappa shape index (κ2) is 3.67. The lowest BCUT2D eigenvalue weighted by Gasteiger charge is -1.97. The molecule has 0 aromatic carbocycles. The Bertz CT molecular complexity index is 363. The molecule has 0 N–H and O–H groups in total. The lowest BCUT2D eigenvalue weighted by molar-refractivity contribution is -0.389. The maximum atomic E-state index is 10.4. The molecule has 1 heterocycles. The van der Waals surface area contributed by atoms with Crippen molar-refractivity contribution >= 4 is 5.82 Å². The van der Waals surface area contributed by atoms with E-state index in [1.54, 1.807) is 11.5 Å². The molecule has 0 fully saturated rings. The van der Waals surface area contributed by atoms with Crippen LogP contribution in [0.5, 0.6) is 0 Å². The maximum Gasteiger partial charge on any atom is 0.384 e. The van der Waals surface area contributed by atoms with Crippen LogP contribution in [-0.2, 0) is 6.54 Å². The van der Waals surface area contributed by atoms with Gasteiger partial charge in [0.15, 0.2) is 0 Å². The van der Waals surface area contributed by atoms with Gasteiger partial charge in [0.25, 0.3) is 0 Å². The van der Waals surface area contributed by atoms with Crippen molar-refractivity contribution in [2.24, 2.45) is 0 Å². The van der Waals surface area contributed by atoms with Crippen molar-refractivity contribution in [1.82, 2.24) is 9.55 Å². The van der Waals surface area contributed by atoms with Crippen molar-refractivity contribution in [3.8, 4) is 6.07 Å². The van der Waals surface area contributed by atoms with E-state index in [-0.39, 0.29) is 5.82 Å². The second-order valence-corrected chi connectivity index (χ2v) is 2.51. The number of hydrogen-bond acceptors (Lipinski definition) is 4. The Labute approximate surface area is 74.6 Å². The second-order valence-electron chi connectivity index (χ2n) is 2.51. The van der Waals surface area contributed by atoms with Crippen LogP contribution in [0.25, 0.3) is 0 Å². The quantitative estimate of drug-likeness (QED) is 0.513. The Balaban J connectivity index is 2.88. The predicted molar refractivity (Wildman–Crippen MR) is 43.8 cm³/mol. The lowest BCUT2D eigenvalue weighted by atomic mass is 10.4. The molecule has 0 aliphatic carbocycles. The van der Waals surface area contributed by atoms with Gasteiger partial charge in [-0.2, -0.15) is 5.26 Å². The summed E-state index contributed by atoms with van der Waals surface area (Å²) in [6, 6.07) is 1.96. The first-order chi connectivity index (χ1) is 6.16. The summed E-state index contributed by atoms with van der Waals surface area (Å²) in [4.78, 5) is 13.5. The smallest absolute Gasteiger partial charge is 0.358 e. The Morgan fingerprint density at radius 3 is 3.00 bits per heavy atom. The van der Waals surface area contributed by atoms with Gasteiger partial charge in [-0.25, -0.2) is 0 Å². The largest absolute Gasteiger partial charge is 0.384 e. The first kappa shape index (κ1) is 9.19. The number of nitrogens with zero attached hydrogens (tertiary/aromatic N) is 4. The van der Waals surface area contributed by atoms with Crippen LogP contribution in [0.4, 0.5) is 5.82 Å². The minimum Gasteiger partial charge on any atom is -0.358 e. The van der Waals surface area contributed by atoms with Gasteiger partial charge in [0.2, 0.25) is 6.33 Å². The van der Waals surface area contributed by atoms with Crippen LogP contribution in [0.3, 0.4) is 0 Å². The summed E-state index contributed by atoms with van der Waals surface area (Å²) in [6.45, 7) is 2.06. The summed E-state index contributed by atoms with van der Waals surface area (Å²) < 4.78 is 1.60. The van der Waals surface area contributed by atoms with E-state index in [1.165, 1.54) is 6.33 Å². The maximum absolute atomic E-state index is 10.4. The van der Waals surface area contributed by atoms with E-state index in [4.69, 9.17) is 5.26 Å². The molecule has 0 amide bonds. The summed E-state index contributed by atoms with van der Waals surface area (Å²) in [5, 5.41) is 18.7. The average Bonchev–Trinajstić information content (AvgIpc) is 2.43. The standard InChI is InChI=1S/C7H8N4O2/c1-6-7(11(12)13)9-5-10(6)4-2-3-8/h5H,2,4H2,1H3. The zero-order valence-electron chi connectivity index (χ0n) is 7.10. The molecular weight excluding hydrogens is 172 g/mol. The Hall–Kier alpha value is -1.90. The molecule has 1 rings (SSSR count). The lowest BCUT2D eigenvalue weighted by Crippen LogP contribution is -1.99. The molecule has 0 bridgehead atoms. The normalized spacial score (nSPS) is 9.54. The van der Waals surface area contributed by atoms with Gasteiger partial charge in [-0.3, -0.25) is 0 Å². The molecule has 0 aliphatic heterocycles. The number of hydrogen-bond donors (Lipinski definition) is 0. The van der Waals surface area contributed by atoms with Crippen LogP contribution in [0.1, 0.15) is 12.1 Å². The molecule has 68 valence electrons. The average molecular weight is 180 g/mol. The van der Waals surface area contributed by atoms with E-state index < -0.39 is 4.92 Å². The van der Waals surface area contributed by atoms with Crippen LogP contribution in [0.2, 0.25) is 0 Å². The molecule has 0 aliphatic rings. The number of nitro groups is 1. The highest BCUT2D eigenvalue weighted by molar-refractivity contribution is 5.25. The summed E-state index contributed by atoms with van der Waals surface area (Å²) in [6.07, 6.45) is 1.71. The monoisotopic (exact) mass is 180 g/mol. The number of aromatic nitrogens is 2. The number of imidazole rings is 1. The van der Waals surface area contributed by atoms with Crippen molar-refractivity contribution in [3.63, 3.8) is 0 Å². The van der Waals surface area contributed by atoms with Crippen molar-refractivity contribution < 1.29 is 4.92 Å². The molecule has 0 unspecified atom stereocenters. The van der Waals surface area contributed by atoms with Gasteiger partial charge in [0, 0.05) is 6.54 Å². The summed E-state index contributed by atoms with van der Waals surface area (Å²) in [7, 11) is 0. The van der Waals surface area contributed by atoms with Crippen LogP contribution in [0, 0.1) is 28.4 Å². The molecule has 6 heteroatoms. The van der Waals surface area contributed by atoms with E-state index in [9.17, 15) is 10.1 Å². The van der Waals surface area contributed by atoms with Gasteiger partial charge in [-0.15, -0.1) is 0 Å². The highest BCUT2D eigenvalue weighted by atomic mass is 16.6. The topological polar surface area (TPSA) is 84.8 Å². The predicted octanol–water partition coefficient (Wildman–Crippen LogP) is 1.01. The summed E-state index contributed by atoms with van der Waals surface area (Å²) in [5.41, 5.74) is 0.486. The fourth-order valence-electron chi connectivity index (χ4n) is 1.01. The number of rotatable bonds is 3. The van der Waals surface area contributed by atoms with Crippen molar-refractivity contribution in [2.75, 3.05) is 0 Å². The van der Waals surface area contributed by atoms with Gasteiger partial charge in [-0.05, 0) is 16.8 Å². The molecule has 6 nitrogen and oxygen atoms in total. The molecule has 0 radical (unpaired) electrons. The van der Waals surface area contributed by atoms with E-state index in [1.807, 2.05) is 6.07 Å². The molecule has 1 aromatic rings. The molecule has 0 atom stereocenters. The van der Waals surface area contributed by atoms with Crippen LogP contribution >= 0.6 is 0 Å². The third-order valence-corrected chi connectivity index (χ3v) is 1.71. The van der Waals surface area contributed by atoms with Crippen LogP contribution in [-0.4, -0.2) is 14.5 Å². The SMILES string of the molecule is Cc1c([N+](=O)[O-])ncn1CCC#N.